The van der Waals surface area contributed by atoms with Crippen LogP contribution in [0, 0.1) is 0 Å². The van der Waals surface area contributed by atoms with Crippen molar-refractivity contribution in [1.82, 2.24) is 9.88 Å². The van der Waals surface area contributed by atoms with E-state index in [9.17, 15) is 4.57 Å². The normalized spacial score (nSPS) is 13.1. The van der Waals surface area contributed by atoms with Gasteiger partial charge in [-0.15, -0.1) is 0 Å². The highest BCUT2D eigenvalue weighted by atomic mass is 35.5. The summed E-state index contributed by atoms with van der Waals surface area (Å²) < 4.78 is 24.2. The molecule has 2 aromatic rings. The van der Waals surface area contributed by atoms with Crippen molar-refractivity contribution in [3.63, 3.8) is 0 Å². The van der Waals surface area contributed by atoms with Crippen LogP contribution in [0.25, 0.3) is 0 Å². The molecule has 1 atom stereocenters. The zero-order valence-corrected chi connectivity index (χ0v) is 18.2. The van der Waals surface area contributed by atoms with Gasteiger partial charge < -0.3 is 9.05 Å². The number of hydrogen-bond donors (Lipinski definition) is 0. The summed E-state index contributed by atoms with van der Waals surface area (Å²) >= 11 is 12.0. The van der Waals surface area contributed by atoms with Crippen molar-refractivity contribution in [2.75, 3.05) is 26.4 Å². The number of pyridine rings is 1. The van der Waals surface area contributed by atoms with Gasteiger partial charge in [-0.05, 0) is 44.2 Å². The SMILES string of the molecule is CCOP(=O)(CC(c1ccccc1)N(C)Cc1cc(Cl)nc(Cl)c1)OCC. The van der Waals surface area contributed by atoms with Crippen molar-refractivity contribution in [3.8, 4) is 0 Å². The van der Waals surface area contributed by atoms with Crippen LogP contribution in [0.1, 0.15) is 31.0 Å². The van der Waals surface area contributed by atoms with E-state index in [2.05, 4.69) is 9.88 Å². The van der Waals surface area contributed by atoms with E-state index in [-0.39, 0.29) is 12.2 Å². The molecule has 0 radical (unpaired) electrons. The topological polar surface area (TPSA) is 51.7 Å². The Bertz CT molecular complexity index is 747. The molecule has 0 aliphatic rings. The first-order chi connectivity index (χ1) is 12.9. The summed E-state index contributed by atoms with van der Waals surface area (Å²) in [4.78, 5) is 6.07. The molecule has 5 nitrogen and oxygen atoms in total. The third-order valence-electron chi connectivity index (χ3n) is 4.02. The van der Waals surface area contributed by atoms with E-state index in [0.29, 0.717) is 30.1 Å². The molecular formula is C19H25Cl2N2O3P. The monoisotopic (exact) mass is 430 g/mol. The van der Waals surface area contributed by atoms with Gasteiger partial charge in [0.15, 0.2) is 0 Å². The molecule has 148 valence electrons. The fraction of sp³-hybridized carbons (Fsp3) is 0.421. The molecule has 8 heteroatoms. The van der Waals surface area contributed by atoms with Gasteiger partial charge in [0.25, 0.3) is 0 Å². The Morgan fingerprint density at radius 1 is 1.07 bits per heavy atom. The molecule has 0 aliphatic heterocycles. The highest BCUT2D eigenvalue weighted by Gasteiger charge is 2.31. The lowest BCUT2D eigenvalue weighted by Gasteiger charge is -2.31. The fourth-order valence-corrected chi connectivity index (χ4v) is 5.42. The van der Waals surface area contributed by atoms with Crippen molar-refractivity contribution < 1.29 is 13.6 Å². The molecule has 0 saturated heterocycles. The molecule has 0 saturated carbocycles. The Labute approximate surface area is 171 Å². The third-order valence-corrected chi connectivity index (χ3v) is 6.50. The molecule has 0 bridgehead atoms. The summed E-state index contributed by atoms with van der Waals surface area (Å²) in [6.07, 6.45) is 0.252. The molecule has 1 heterocycles. The molecule has 0 N–H and O–H groups in total. The van der Waals surface area contributed by atoms with Crippen LogP contribution in [-0.4, -0.2) is 36.3 Å². The second kappa shape index (κ2) is 10.6. The average molecular weight is 431 g/mol. The fourth-order valence-electron chi connectivity index (χ4n) is 2.93. The summed E-state index contributed by atoms with van der Waals surface area (Å²) in [6, 6.07) is 13.3. The Hall–Kier alpha value is -0.940. The molecule has 0 spiro atoms. The first kappa shape index (κ1) is 22.4. The minimum atomic E-state index is -3.22. The van der Waals surface area contributed by atoms with E-state index in [0.717, 1.165) is 11.1 Å². The van der Waals surface area contributed by atoms with Crippen LogP contribution < -0.4 is 0 Å². The highest BCUT2D eigenvalue weighted by Crippen LogP contribution is 2.51. The molecular weight excluding hydrogens is 406 g/mol. The van der Waals surface area contributed by atoms with Gasteiger partial charge >= 0.3 is 7.60 Å². The number of hydrogen-bond acceptors (Lipinski definition) is 5. The maximum atomic E-state index is 13.1. The molecule has 1 aromatic heterocycles. The number of halogens is 2. The van der Waals surface area contributed by atoms with Crippen molar-refractivity contribution in [1.29, 1.82) is 0 Å². The average Bonchev–Trinajstić information content (AvgIpc) is 2.60. The summed E-state index contributed by atoms with van der Waals surface area (Å²) in [5.74, 6) is 0. The predicted molar refractivity (Wildman–Crippen MR) is 111 cm³/mol. The van der Waals surface area contributed by atoms with Crippen molar-refractivity contribution >= 4 is 30.8 Å². The van der Waals surface area contributed by atoms with Gasteiger partial charge in [0.2, 0.25) is 0 Å². The van der Waals surface area contributed by atoms with Gasteiger partial charge in [0.05, 0.1) is 19.4 Å². The van der Waals surface area contributed by atoms with Crippen LogP contribution in [0.3, 0.4) is 0 Å². The minimum absolute atomic E-state index is 0.166. The minimum Gasteiger partial charge on any atom is -0.309 e. The second-order valence-corrected chi connectivity index (χ2v) is 8.97. The van der Waals surface area contributed by atoms with Crippen LogP contribution in [0.2, 0.25) is 10.3 Å². The number of aromatic nitrogens is 1. The smallest absolute Gasteiger partial charge is 0.309 e. The lowest BCUT2D eigenvalue weighted by molar-refractivity contribution is 0.197. The Balaban J connectivity index is 2.30. The van der Waals surface area contributed by atoms with Gasteiger partial charge in [0.1, 0.15) is 10.3 Å². The van der Waals surface area contributed by atoms with E-state index in [4.69, 9.17) is 32.2 Å². The van der Waals surface area contributed by atoms with E-state index >= 15 is 0 Å². The first-order valence-electron chi connectivity index (χ1n) is 8.82. The summed E-state index contributed by atoms with van der Waals surface area (Å²) in [7, 11) is -1.26. The molecule has 2 rings (SSSR count). The predicted octanol–water partition coefficient (Wildman–Crippen LogP) is 5.83. The number of rotatable bonds is 10. The maximum Gasteiger partial charge on any atom is 0.332 e. The summed E-state index contributed by atoms with van der Waals surface area (Å²) in [5, 5.41) is 0.688. The van der Waals surface area contributed by atoms with E-state index in [1.165, 1.54) is 0 Å². The zero-order valence-electron chi connectivity index (χ0n) is 15.8. The van der Waals surface area contributed by atoms with Crippen LogP contribution in [0.4, 0.5) is 0 Å². The van der Waals surface area contributed by atoms with Crippen LogP contribution in [-0.2, 0) is 20.2 Å². The molecule has 0 amide bonds. The Morgan fingerprint density at radius 3 is 2.15 bits per heavy atom. The molecule has 1 aromatic carbocycles. The van der Waals surface area contributed by atoms with Crippen LogP contribution in [0.5, 0.6) is 0 Å². The van der Waals surface area contributed by atoms with Gasteiger partial charge in [-0.25, -0.2) is 4.98 Å². The molecule has 27 heavy (non-hydrogen) atoms. The van der Waals surface area contributed by atoms with Crippen molar-refractivity contribution in [2.45, 2.75) is 26.4 Å². The van der Waals surface area contributed by atoms with E-state index in [1.807, 2.05) is 51.2 Å². The third kappa shape index (κ3) is 6.86. The van der Waals surface area contributed by atoms with Crippen LogP contribution >= 0.6 is 30.8 Å². The van der Waals surface area contributed by atoms with Gasteiger partial charge in [-0.3, -0.25) is 9.46 Å². The Kier molecular flexibility index (Phi) is 8.74. The summed E-state index contributed by atoms with van der Waals surface area (Å²) in [6.45, 7) is 4.84. The highest BCUT2D eigenvalue weighted by molar-refractivity contribution is 7.53. The molecule has 1 unspecified atom stereocenters. The quantitative estimate of drug-likeness (QED) is 0.350. The van der Waals surface area contributed by atoms with Crippen molar-refractivity contribution in [2.24, 2.45) is 0 Å². The van der Waals surface area contributed by atoms with Crippen LogP contribution in [0.15, 0.2) is 42.5 Å². The maximum absolute atomic E-state index is 13.1. The van der Waals surface area contributed by atoms with Crippen molar-refractivity contribution in [3.05, 3.63) is 63.9 Å². The number of benzene rings is 1. The lowest BCUT2D eigenvalue weighted by atomic mass is 10.1. The first-order valence-corrected chi connectivity index (χ1v) is 11.3. The zero-order chi connectivity index (χ0) is 19.9. The van der Waals surface area contributed by atoms with Gasteiger partial charge in [0, 0.05) is 12.6 Å². The molecule has 0 fully saturated rings. The number of nitrogens with zero attached hydrogens (tertiary/aromatic N) is 2. The Morgan fingerprint density at radius 2 is 1.63 bits per heavy atom. The summed E-state index contributed by atoms with van der Waals surface area (Å²) in [5.41, 5.74) is 1.96. The standard InChI is InChI=1S/C19H25Cl2N2O3P/c1-4-25-27(24,26-5-2)14-17(16-9-7-6-8-10-16)23(3)13-15-11-18(20)22-19(21)12-15/h6-12,17H,4-5,13-14H2,1-3H3. The second-order valence-electron chi connectivity index (χ2n) is 6.09. The van der Waals surface area contributed by atoms with Gasteiger partial charge in [-0.1, -0.05) is 53.5 Å². The van der Waals surface area contributed by atoms with Gasteiger partial charge in [-0.2, -0.15) is 0 Å². The lowest BCUT2D eigenvalue weighted by Crippen LogP contribution is -2.27. The largest absolute Gasteiger partial charge is 0.332 e. The van der Waals surface area contributed by atoms with E-state index in [1.54, 1.807) is 12.1 Å². The molecule has 0 aliphatic carbocycles. The van der Waals surface area contributed by atoms with E-state index < -0.39 is 7.60 Å².